The van der Waals surface area contributed by atoms with Gasteiger partial charge >= 0.3 is 0 Å². The van der Waals surface area contributed by atoms with Gasteiger partial charge < -0.3 is 10.6 Å². The van der Waals surface area contributed by atoms with Crippen LogP contribution in [0.4, 0.5) is 11.5 Å². The maximum absolute atomic E-state index is 10.2. The SMILES string of the molecule is CC(NC(c1cccc(Nc2ccccn2)c1)C(C)(C)C#N)C(Cc1ccc(Cl)cc1)c1cccc(C#N)c1. The lowest BCUT2D eigenvalue weighted by molar-refractivity contribution is 0.281. The first-order valence-electron chi connectivity index (χ1n) is 13.0. The Kier molecular flexibility index (Phi) is 8.99. The van der Waals surface area contributed by atoms with Crippen molar-refractivity contribution in [2.24, 2.45) is 5.41 Å². The van der Waals surface area contributed by atoms with Crippen LogP contribution in [0, 0.1) is 28.1 Å². The molecule has 0 bridgehead atoms. The standard InChI is InChI=1S/C33H32ClN5/c1-23(30(19-24-13-15-28(34)16-14-24)26-9-6-8-25(18-26)21-35)38-32(33(2,3)22-36)27-10-7-11-29(20-27)39-31-12-4-5-17-37-31/h4-18,20,23,30,32,38H,19H2,1-3H3,(H,37,39). The molecule has 3 unspecified atom stereocenters. The minimum Gasteiger partial charge on any atom is -0.340 e. The number of hydrogen-bond acceptors (Lipinski definition) is 5. The third kappa shape index (κ3) is 7.24. The summed E-state index contributed by atoms with van der Waals surface area (Å²) in [6, 6.07) is 34.0. The predicted octanol–water partition coefficient (Wildman–Crippen LogP) is 7.95. The molecule has 0 aliphatic heterocycles. The van der Waals surface area contributed by atoms with Crippen molar-refractivity contribution in [3.05, 3.63) is 124 Å². The first-order chi connectivity index (χ1) is 18.8. The number of rotatable bonds is 10. The molecule has 196 valence electrons. The Morgan fingerprint density at radius 3 is 2.33 bits per heavy atom. The van der Waals surface area contributed by atoms with Crippen LogP contribution < -0.4 is 10.6 Å². The third-order valence-corrected chi connectivity index (χ3v) is 7.26. The van der Waals surface area contributed by atoms with Crippen LogP contribution in [0.5, 0.6) is 0 Å². The molecule has 6 heteroatoms. The Balaban J connectivity index is 1.67. The summed E-state index contributed by atoms with van der Waals surface area (Å²) < 4.78 is 0. The molecule has 0 radical (unpaired) electrons. The Morgan fingerprint density at radius 1 is 0.897 bits per heavy atom. The Morgan fingerprint density at radius 2 is 1.64 bits per heavy atom. The molecule has 0 amide bonds. The molecule has 0 fully saturated rings. The van der Waals surface area contributed by atoms with Crippen LogP contribution >= 0.6 is 11.6 Å². The average molecular weight is 534 g/mol. The van der Waals surface area contributed by atoms with Crippen molar-refractivity contribution >= 4 is 23.1 Å². The molecule has 39 heavy (non-hydrogen) atoms. The summed E-state index contributed by atoms with van der Waals surface area (Å²) >= 11 is 6.15. The van der Waals surface area contributed by atoms with Crippen molar-refractivity contribution < 1.29 is 0 Å². The molecule has 1 aromatic heterocycles. The van der Waals surface area contributed by atoms with Crippen molar-refractivity contribution in [2.45, 2.75) is 45.2 Å². The van der Waals surface area contributed by atoms with E-state index in [1.165, 1.54) is 0 Å². The van der Waals surface area contributed by atoms with Crippen molar-refractivity contribution in [1.82, 2.24) is 10.3 Å². The highest BCUT2D eigenvalue weighted by Gasteiger charge is 2.34. The van der Waals surface area contributed by atoms with Crippen molar-refractivity contribution in [1.29, 1.82) is 10.5 Å². The lowest BCUT2D eigenvalue weighted by Gasteiger charge is -2.36. The fourth-order valence-corrected chi connectivity index (χ4v) is 4.97. The molecule has 0 spiro atoms. The monoisotopic (exact) mass is 533 g/mol. The molecule has 3 atom stereocenters. The second kappa shape index (κ2) is 12.6. The van der Waals surface area contributed by atoms with Gasteiger partial charge in [0.15, 0.2) is 0 Å². The highest BCUT2D eigenvalue weighted by Crippen LogP contribution is 2.37. The minimum atomic E-state index is -0.697. The fraction of sp³-hybridized carbons (Fsp3) is 0.242. The van der Waals surface area contributed by atoms with Gasteiger partial charge in [0.2, 0.25) is 0 Å². The first-order valence-corrected chi connectivity index (χ1v) is 13.4. The van der Waals surface area contributed by atoms with E-state index in [9.17, 15) is 10.5 Å². The summed E-state index contributed by atoms with van der Waals surface area (Å²) in [7, 11) is 0. The summed E-state index contributed by atoms with van der Waals surface area (Å²) in [6.45, 7) is 6.07. The Hall–Kier alpha value is -4.16. The van der Waals surface area contributed by atoms with E-state index in [1.54, 1.807) is 6.20 Å². The van der Waals surface area contributed by atoms with E-state index in [4.69, 9.17) is 11.6 Å². The zero-order chi connectivity index (χ0) is 27.8. The van der Waals surface area contributed by atoms with Gasteiger partial charge in [-0.15, -0.1) is 0 Å². The summed E-state index contributed by atoms with van der Waals surface area (Å²) in [6.07, 6.45) is 2.50. The van der Waals surface area contributed by atoms with Gasteiger partial charge in [-0.2, -0.15) is 10.5 Å². The smallest absolute Gasteiger partial charge is 0.130 e. The topological polar surface area (TPSA) is 84.5 Å². The van der Waals surface area contributed by atoms with Gasteiger partial charge in [0.1, 0.15) is 5.82 Å². The molecule has 0 aliphatic rings. The van der Waals surface area contributed by atoms with Crippen LogP contribution in [-0.2, 0) is 6.42 Å². The van der Waals surface area contributed by atoms with Gasteiger partial charge in [-0.05, 0) is 92.4 Å². The number of anilines is 2. The number of halogens is 1. The summed E-state index contributed by atoms with van der Waals surface area (Å²) in [5, 5.41) is 27.6. The fourth-order valence-electron chi connectivity index (χ4n) is 4.84. The molecular weight excluding hydrogens is 502 g/mol. The predicted molar refractivity (Wildman–Crippen MR) is 158 cm³/mol. The number of nitrogens with zero attached hydrogens (tertiary/aromatic N) is 3. The van der Waals surface area contributed by atoms with Gasteiger partial charge in [-0.3, -0.25) is 0 Å². The second-order valence-corrected chi connectivity index (χ2v) is 10.8. The van der Waals surface area contributed by atoms with E-state index in [1.807, 2.05) is 86.6 Å². The molecule has 4 aromatic rings. The number of pyridine rings is 1. The van der Waals surface area contributed by atoms with E-state index < -0.39 is 5.41 Å². The van der Waals surface area contributed by atoms with Crippen LogP contribution in [0.25, 0.3) is 0 Å². The van der Waals surface area contributed by atoms with Gasteiger partial charge in [0, 0.05) is 28.9 Å². The number of nitriles is 2. The zero-order valence-electron chi connectivity index (χ0n) is 22.4. The van der Waals surface area contributed by atoms with Gasteiger partial charge in [-0.1, -0.05) is 54.1 Å². The maximum atomic E-state index is 10.2. The molecule has 2 N–H and O–H groups in total. The lowest BCUT2D eigenvalue weighted by Crippen LogP contribution is -2.42. The Labute approximate surface area is 236 Å². The summed E-state index contributed by atoms with van der Waals surface area (Å²) in [5.41, 5.74) is 4.06. The normalized spacial score (nSPS) is 13.5. The largest absolute Gasteiger partial charge is 0.340 e. The minimum absolute atomic E-state index is 0.0281. The van der Waals surface area contributed by atoms with Gasteiger partial charge in [0.05, 0.1) is 29.2 Å². The highest BCUT2D eigenvalue weighted by atomic mass is 35.5. The van der Waals surface area contributed by atoms with Crippen LogP contribution in [-0.4, -0.2) is 11.0 Å². The lowest BCUT2D eigenvalue weighted by atomic mass is 9.79. The number of hydrogen-bond donors (Lipinski definition) is 2. The van der Waals surface area contributed by atoms with Crippen LogP contribution in [0.1, 0.15) is 55.0 Å². The van der Waals surface area contributed by atoms with Crippen molar-refractivity contribution in [3.8, 4) is 12.1 Å². The molecule has 3 aromatic carbocycles. The summed E-state index contributed by atoms with van der Waals surface area (Å²) in [4.78, 5) is 4.37. The van der Waals surface area contributed by atoms with Gasteiger partial charge in [0.25, 0.3) is 0 Å². The third-order valence-electron chi connectivity index (χ3n) is 7.01. The summed E-state index contributed by atoms with van der Waals surface area (Å²) in [5.74, 6) is 0.804. The maximum Gasteiger partial charge on any atom is 0.130 e. The molecular formula is C33H32ClN5. The van der Waals surface area contributed by atoms with E-state index >= 15 is 0 Å². The average Bonchev–Trinajstić information content (AvgIpc) is 2.96. The van der Waals surface area contributed by atoms with E-state index in [0.29, 0.717) is 10.6 Å². The van der Waals surface area contributed by atoms with Crippen molar-refractivity contribution in [3.63, 3.8) is 0 Å². The van der Waals surface area contributed by atoms with E-state index in [-0.39, 0.29) is 18.0 Å². The molecule has 4 rings (SSSR count). The molecule has 0 saturated carbocycles. The molecule has 0 saturated heterocycles. The van der Waals surface area contributed by atoms with Gasteiger partial charge in [-0.25, -0.2) is 4.98 Å². The Bertz CT molecular complexity index is 1470. The molecule has 5 nitrogen and oxygen atoms in total. The highest BCUT2D eigenvalue weighted by molar-refractivity contribution is 6.30. The van der Waals surface area contributed by atoms with E-state index in [0.717, 1.165) is 34.6 Å². The van der Waals surface area contributed by atoms with E-state index in [2.05, 4.69) is 52.9 Å². The van der Waals surface area contributed by atoms with Crippen LogP contribution in [0.2, 0.25) is 5.02 Å². The quantitative estimate of drug-likeness (QED) is 0.216. The number of benzene rings is 3. The number of aromatic nitrogens is 1. The molecule has 1 heterocycles. The second-order valence-electron chi connectivity index (χ2n) is 10.4. The zero-order valence-corrected chi connectivity index (χ0v) is 23.2. The molecule has 0 aliphatic carbocycles. The first kappa shape index (κ1) is 27.9. The van der Waals surface area contributed by atoms with Crippen LogP contribution in [0.3, 0.4) is 0 Å². The number of nitrogens with one attached hydrogen (secondary N) is 2. The van der Waals surface area contributed by atoms with Crippen LogP contribution in [0.15, 0.2) is 97.2 Å². The van der Waals surface area contributed by atoms with Crippen molar-refractivity contribution in [2.75, 3.05) is 5.32 Å².